The molecule has 20 heavy (non-hydrogen) atoms. The summed E-state index contributed by atoms with van der Waals surface area (Å²) in [5.41, 5.74) is 0.949. The van der Waals surface area contributed by atoms with Gasteiger partial charge in [0.2, 0.25) is 5.91 Å². The Labute approximate surface area is 123 Å². The predicted octanol–water partition coefficient (Wildman–Crippen LogP) is 2.85. The number of aliphatic carboxylic acids is 1. The highest BCUT2D eigenvalue weighted by molar-refractivity contribution is 6.30. The lowest BCUT2D eigenvalue weighted by Crippen LogP contribution is -2.39. The summed E-state index contributed by atoms with van der Waals surface area (Å²) in [5.74, 6) is -1.98. The number of carbonyl (C=O) groups is 2. The molecule has 0 spiro atoms. The van der Waals surface area contributed by atoms with Crippen molar-refractivity contribution in [1.29, 1.82) is 0 Å². The fraction of sp³-hybridized carbons (Fsp3) is 0.467. The Morgan fingerprint density at radius 1 is 1.15 bits per heavy atom. The van der Waals surface area contributed by atoms with Gasteiger partial charge in [-0.2, -0.15) is 0 Å². The lowest BCUT2D eigenvalue weighted by atomic mass is 9.78. The summed E-state index contributed by atoms with van der Waals surface area (Å²) in [4.78, 5) is 23.3. The van der Waals surface area contributed by atoms with Gasteiger partial charge in [-0.15, -0.1) is 0 Å². The molecule has 1 aromatic rings. The number of rotatable bonds is 4. The molecule has 1 aliphatic rings. The second kappa shape index (κ2) is 6.75. The molecule has 2 rings (SSSR count). The van der Waals surface area contributed by atoms with E-state index in [1.807, 2.05) is 12.1 Å². The minimum atomic E-state index is -0.864. The molecule has 2 atom stereocenters. The number of amides is 1. The first kappa shape index (κ1) is 14.9. The van der Waals surface area contributed by atoms with Gasteiger partial charge in [-0.3, -0.25) is 9.59 Å². The minimum Gasteiger partial charge on any atom is -0.481 e. The molecule has 1 amide bonds. The van der Waals surface area contributed by atoms with Gasteiger partial charge >= 0.3 is 5.97 Å². The SMILES string of the molecule is O=C(O)[C@H]1CCCC[C@@H]1C(=O)NCc1ccc(Cl)cc1. The smallest absolute Gasteiger partial charge is 0.307 e. The summed E-state index contributed by atoms with van der Waals surface area (Å²) in [7, 11) is 0. The average molecular weight is 296 g/mol. The van der Waals surface area contributed by atoms with Crippen LogP contribution < -0.4 is 5.32 Å². The van der Waals surface area contributed by atoms with Crippen LogP contribution in [0.2, 0.25) is 5.02 Å². The number of halogens is 1. The van der Waals surface area contributed by atoms with Gasteiger partial charge in [0, 0.05) is 11.6 Å². The van der Waals surface area contributed by atoms with Crippen LogP contribution in [0, 0.1) is 11.8 Å². The molecular formula is C15H18ClNO3. The number of hydrogen-bond acceptors (Lipinski definition) is 2. The van der Waals surface area contributed by atoms with Gasteiger partial charge in [-0.1, -0.05) is 36.6 Å². The topological polar surface area (TPSA) is 66.4 Å². The van der Waals surface area contributed by atoms with Crippen LogP contribution in [0.1, 0.15) is 31.2 Å². The number of carboxylic acids is 1. The monoisotopic (exact) mass is 295 g/mol. The first-order chi connectivity index (χ1) is 9.58. The maximum Gasteiger partial charge on any atom is 0.307 e. The van der Waals surface area contributed by atoms with Crippen molar-refractivity contribution in [2.75, 3.05) is 0 Å². The van der Waals surface area contributed by atoms with E-state index < -0.39 is 17.8 Å². The Morgan fingerprint density at radius 3 is 2.35 bits per heavy atom. The van der Waals surface area contributed by atoms with Crippen molar-refractivity contribution >= 4 is 23.5 Å². The molecule has 1 aromatic carbocycles. The molecule has 0 radical (unpaired) electrons. The summed E-state index contributed by atoms with van der Waals surface area (Å²) in [5, 5.41) is 12.7. The third kappa shape index (κ3) is 3.73. The second-order valence-electron chi connectivity index (χ2n) is 5.18. The first-order valence-corrected chi connectivity index (χ1v) is 7.20. The molecule has 5 heteroatoms. The Balaban J connectivity index is 1.93. The van der Waals surface area contributed by atoms with Gasteiger partial charge in [0.1, 0.15) is 0 Å². The van der Waals surface area contributed by atoms with Crippen molar-refractivity contribution in [2.45, 2.75) is 32.2 Å². The molecular weight excluding hydrogens is 278 g/mol. The lowest BCUT2D eigenvalue weighted by Gasteiger charge is -2.27. The number of benzene rings is 1. The van der Waals surface area contributed by atoms with Crippen LogP contribution in [-0.4, -0.2) is 17.0 Å². The van der Waals surface area contributed by atoms with E-state index in [9.17, 15) is 14.7 Å². The summed E-state index contributed by atoms with van der Waals surface area (Å²) >= 11 is 5.80. The van der Waals surface area contributed by atoms with Crippen molar-refractivity contribution in [1.82, 2.24) is 5.32 Å². The number of carboxylic acid groups (broad SMARTS) is 1. The molecule has 0 unspecified atom stereocenters. The predicted molar refractivity (Wildman–Crippen MR) is 76.4 cm³/mol. The van der Waals surface area contributed by atoms with Crippen molar-refractivity contribution in [3.05, 3.63) is 34.9 Å². The number of hydrogen-bond donors (Lipinski definition) is 2. The van der Waals surface area contributed by atoms with Gasteiger partial charge in [0.15, 0.2) is 0 Å². The third-order valence-electron chi connectivity index (χ3n) is 3.80. The van der Waals surface area contributed by atoms with E-state index in [0.29, 0.717) is 24.4 Å². The molecule has 0 aromatic heterocycles. The van der Waals surface area contributed by atoms with Crippen LogP contribution in [0.15, 0.2) is 24.3 Å². The minimum absolute atomic E-state index is 0.160. The van der Waals surface area contributed by atoms with Crippen LogP contribution in [0.3, 0.4) is 0 Å². The van der Waals surface area contributed by atoms with Crippen LogP contribution in [-0.2, 0) is 16.1 Å². The van der Waals surface area contributed by atoms with Crippen molar-refractivity contribution in [3.63, 3.8) is 0 Å². The van der Waals surface area contributed by atoms with Crippen LogP contribution in [0.4, 0.5) is 0 Å². The van der Waals surface area contributed by atoms with Gasteiger partial charge in [-0.05, 0) is 30.5 Å². The zero-order valence-electron chi connectivity index (χ0n) is 11.1. The van der Waals surface area contributed by atoms with Crippen molar-refractivity contribution in [2.24, 2.45) is 11.8 Å². The van der Waals surface area contributed by atoms with E-state index in [1.165, 1.54) is 0 Å². The largest absolute Gasteiger partial charge is 0.481 e. The molecule has 0 heterocycles. The second-order valence-corrected chi connectivity index (χ2v) is 5.62. The molecule has 2 N–H and O–H groups in total. The molecule has 1 saturated carbocycles. The Morgan fingerprint density at radius 2 is 1.75 bits per heavy atom. The third-order valence-corrected chi connectivity index (χ3v) is 4.05. The Hall–Kier alpha value is -1.55. The fourth-order valence-corrected chi connectivity index (χ4v) is 2.79. The van der Waals surface area contributed by atoms with Crippen molar-refractivity contribution in [3.8, 4) is 0 Å². The molecule has 4 nitrogen and oxygen atoms in total. The molecule has 108 valence electrons. The molecule has 0 aliphatic heterocycles. The molecule has 0 saturated heterocycles. The zero-order valence-corrected chi connectivity index (χ0v) is 11.9. The first-order valence-electron chi connectivity index (χ1n) is 6.83. The highest BCUT2D eigenvalue weighted by Crippen LogP contribution is 2.30. The highest BCUT2D eigenvalue weighted by atomic mass is 35.5. The van der Waals surface area contributed by atoms with E-state index in [0.717, 1.165) is 18.4 Å². The van der Waals surface area contributed by atoms with E-state index in [1.54, 1.807) is 12.1 Å². The summed E-state index contributed by atoms with van der Waals surface area (Å²) in [6, 6.07) is 7.23. The maximum atomic E-state index is 12.2. The summed E-state index contributed by atoms with van der Waals surface area (Å²) in [6.07, 6.45) is 3.05. The van der Waals surface area contributed by atoms with E-state index >= 15 is 0 Å². The summed E-state index contributed by atoms with van der Waals surface area (Å²) in [6.45, 7) is 0.402. The van der Waals surface area contributed by atoms with Crippen molar-refractivity contribution < 1.29 is 14.7 Å². The summed E-state index contributed by atoms with van der Waals surface area (Å²) < 4.78 is 0. The van der Waals surface area contributed by atoms with E-state index in [2.05, 4.69) is 5.32 Å². The average Bonchev–Trinajstić information content (AvgIpc) is 2.46. The van der Waals surface area contributed by atoms with E-state index in [-0.39, 0.29) is 5.91 Å². The Bertz CT molecular complexity index is 486. The fourth-order valence-electron chi connectivity index (χ4n) is 2.66. The molecule has 1 fully saturated rings. The lowest BCUT2D eigenvalue weighted by molar-refractivity contribution is -0.148. The molecule has 0 bridgehead atoms. The van der Waals surface area contributed by atoms with Crippen LogP contribution in [0.5, 0.6) is 0 Å². The quantitative estimate of drug-likeness (QED) is 0.897. The molecule has 1 aliphatic carbocycles. The van der Waals surface area contributed by atoms with Gasteiger partial charge in [0.25, 0.3) is 0 Å². The normalized spacial score (nSPS) is 22.2. The van der Waals surface area contributed by atoms with E-state index in [4.69, 9.17) is 11.6 Å². The van der Waals surface area contributed by atoms with Crippen LogP contribution in [0.25, 0.3) is 0 Å². The van der Waals surface area contributed by atoms with Gasteiger partial charge in [-0.25, -0.2) is 0 Å². The number of nitrogens with one attached hydrogen (secondary N) is 1. The highest BCUT2D eigenvalue weighted by Gasteiger charge is 2.35. The van der Waals surface area contributed by atoms with Gasteiger partial charge < -0.3 is 10.4 Å². The van der Waals surface area contributed by atoms with Gasteiger partial charge in [0.05, 0.1) is 11.8 Å². The maximum absolute atomic E-state index is 12.2. The van der Waals surface area contributed by atoms with Crippen LogP contribution >= 0.6 is 11.6 Å². The number of carbonyl (C=O) groups excluding carboxylic acids is 1. The Kier molecular flexibility index (Phi) is 5.01. The zero-order chi connectivity index (χ0) is 14.5. The standard InChI is InChI=1S/C15H18ClNO3/c16-11-7-5-10(6-8-11)9-17-14(18)12-3-1-2-4-13(12)15(19)20/h5-8,12-13H,1-4,9H2,(H,17,18)(H,19,20)/t12-,13-/m0/s1.